The van der Waals surface area contributed by atoms with Crippen molar-refractivity contribution >= 4 is 0 Å². The number of nitrogens with zero attached hydrogens (tertiary/aromatic N) is 1. The summed E-state index contributed by atoms with van der Waals surface area (Å²) in [5.41, 5.74) is 4.29. The standard InChI is InChI=1S/C7H11FN2/c1-5-4-7(8)6(2)9-10(5)3/h4,9H,1-3H3. The minimum atomic E-state index is -0.185. The molecule has 0 amide bonds. The molecule has 0 fully saturated rings. The largest absolute Gasteiger partial charge is 0.300 e. The van der Waals surface area contributed by atoms with E-state index in [2.05, 4.69) is 5.43 Å². The second kappa shape index (κ2) is 2.33. The molecule has 0 saturated heterocycles. The monoisotopic (exact) mass is 142 g/mol. The molecule has 10 heavy (non-hydrogen) atoms. The van der Waals surface area contributed by atoms with Crippen LogP contribution in [0.25, 0.3) is 0 Å². The summed E-state index contributed by atoms with van der Waals surface area (Å²) in [5.74, 6) is -0.185. The highest BCUT2D eigenvalue weighted by Crippen LogP contribution is 2.14. The fourth-order valence-corrected chi connectivity index (χ4v) is 0.782. The van der Waals surface area contributed by atoms with Gasteiger partial charge in [0.15, 0.2) is 0 Å². The summed E-state index contributed by atoms with van der Waals surface area (Å²) in [4.78, 5) is 0. The molecule has 0 aromatic rings. The number of rotatable bonds is 0. The van der Waals surface area contributed by atoms with E-state index in [0.717, 1.165) is 5.70 Å². The van der Waals surface area contributed by atoms with Crippen molar-refractivity contribution < 1.29 is 4.39 Å². The second-order valence-corrected chi connectivity index (χ2v) is 2.43. The van der Waals surface area contributed by atoms with Crippen LogP contribution in [0.4, 0.5) is 4.39 Å². The van der Waals surface area contributed by atoms with E-state index in [0.29, 0.717) is 5.70 Å². The smallest absolute Gasteiger partial charge is 0.145 e. The van der Waals surface area contributed by atoms with Gasteiger partial charge in [-0.2, -0.15) is 0 Å². The van der Waals surface area contributed by atoms with E-state index >= 15 is 0 Å². The first-order chi connectivity index (χ1) is 4.61. The van der Waals surface area contributed by atoms with Gasteiger partial charge in [0, 0.05) is 12.7 Å². The van der Waals surface area contributed by atoms with Crippen LogP contribution in [-0.4, -0.2) is 12.1 Å². The van der Waals surface area contributed by atoms with Crippen LogP contribution in [0.15, 0.2) is 23.3 Å². The third kappa shape index (κ3) is 1.12. The molecule has 0 bridgehead atoms. The van der Waals surface area contributed by atoms with Crippen LogP contribution in [0.5, 0.6) is 0 Å². The zero-order valence-electron chi connectivity index (χ0n) is 6.40. The number of hydrogen-bond donors (Lipinski definition) is 1. The van der Waals surface area contributed by atoms with Crippen molar-refractivity contribution in [1.29, 1.82) is 0 Å². The number of nitrogens with one attached hydrogen (secondary N) is 1. The average Bonchev–Trinajstić information content (AvgIpc) is 1.84. The molecular formula is C7H11FN2. The topological polar surface area (TPSA) is 15.3 Å². The Bertz CT molecular complexity index is 206. The number of halogens is 1. The van der Waals surface area contributed by atoms with E-state index in [-0.39, 0.29) is 5.83 Å². The maximum Gasteiger partial charge on any atom is 0.145 e. The van der Waals surface area contributed by atoms with Gasteiger partial charge in [0.25, 0.3) is 0 Å². The Morgan fingerprint density at radius 1 is 1.50 bits per heavy atom. The SMILES string of the molecule is CC1=CC(F)=C(C)NN1C. The van der Waals surface area contributed by atoms with Crippen LogP contribution in [0, 0.1) is 0 Å². The Morgan fingerprint density at radius 3 is 2.60 bits per heavy atom. The third-order valence-electron chi connectivity index (χ3n) is 1.56. The Hall–Kier alpha value is -0.990. The predicted octanol–water partition coefficient (Wildman–Crippen LogP) is 1.54. The lowest BCUT2D eigenvalue weighted by molar-refractivity contribution is 0.320. The van der Waals surface area contributed by atoms with Gasteiger partial charge in [-0.05, 0) is 19.9 Å². The van der Waals surface area contributed by atoms with E-state index < -0.39 is 0 Å². The van der Waals surface area contributed by atoms with Gasteiger partial charge in [-0.25, -0.2) is 4.39 Å². The molecule has 0 aliphatic carbocycles. The van der Waals surface area contributed by atoms with Crippen LogP contribution < -0.4 is 5.43 Å². The number of hydrogen-bond acceptors (Lipinski definition) is 2. The molecule has 2 nitrogen and oxygen atoms in total. The van der Waals surface area contributed by atoms with E-state index in [1.165, 1.54) is 6.08 Å². The highest BCUT2D eigenvalue weighted by Gasteiger charge is 2.09. The van der Waals surface area contributed by atoms with Crippen molar-refractivity contribution in [2.75, 3.05) is 7.05 Å². The summed E-state index contributed by atoms with van der Waals surface area (Å²) >= 11 is 0. The van der Waals surface area contributed by atoms with Gasteiger partial charge < -0.3 is 5.43 Å². The van der Waals surface area contributed by atoms with Crippen LogP contribution in [0.2, 0.25) is 0 Å². The quantitative estimate of drug-likeness (QED) is 0.552. The first-order valence-corrected chi connectivity index (χ1v) is 3.16. The van der Waals surface area contributed by atoms with Gasteiger partial charge >= 0.3 is 0 Å². The second-order valence-electron chi connectivity index (χ2n) is 2.43. The molecule has 0 aromatic carbocycles. The number of allylic oxidation sites excluding steroid dienone is 4. The number of hydrazine groups is 1. The van der Waals surface area contributed by atoms with E-state index in [1.54, 1.807) is 11.9 Å². The minimum absolute atomic E-state index is 0.185. The van der Waals surface area contributed by atoms with Crippen LogP contribution >= 0.6 is 0 Å². The normalized spacial score (nSPS) is 18.8. The molecule has 0 atom stereocenters. The van der Waals surface area contributed by atoms with Crippen molar-refractivity contribution in [3.63, 3.8) is 0 Å². The van der Waals surface area contributed by atoms with E-state index in [4.69, 9.17) is 0 Å². The molecule has 1 rings (SSSR count). The fraction of sp³-hybridized carbons (Fsp3) is 0.429. The fourth-order valence-electron chi connectivity index (χ4n) is 0.782. The molecule has 56 valence electrons. The molecule has 0 spiro atoms. The lowest BCUT2D eigenvalue weighted by Gasteiger charge is -2.25. The molecule has 3 heteroatoms. The minimum Gasteiger partial charge on any atom is -0.300 e. The molecule has 1 N–H and O–H groups in total. The summed E-state index contributed by atoms with van der Waals surface area (Å²) in [6.45, 7) is 3.55. The van der Waals surface area contributed by atoms with Crippen molar-refractivity contribution in [1.82, 2.24) is 10.4 Å². The Labute approximate surface area is 60.0 Å². The van der Waals surface area contributed by atoms with Crippen molar-refractivity contribution in [3.8, 4) is 0 Å². The molecule has 1 aliphatic heterocycles. The average molecular weight is 142 g/mol. The van der Waals surface area contributed by atoms with Crippen LogP contribution in [-0.2, 0) is 0 Å². The summed E-state index contributed by atoms with van der Waals surface area (Å²) in [6.07, 6.45) is 1.51. The highest BCUT2D eigenvalue weighted by molar-refractivity contribution is 5.23. The molecule has 0 saturated carbocycles. The summed E-state index contributed by atoms with van der Waals surface area (Å²) in [6, 6.07) is 0. The molecule has 0 unspecified atom stereocenters. The van der Waals surface area contributed by atoms with Gasteiger partial charge in [0.1, 0.15) is 5.83 Å². The highest BCUT2D eigenvalue weighted by atomic mass is 19.1. The summed E-state index contributed by atoms with van der Waals surface area (Å²) in [7, 11) is 1.85. The zero-order valence-corrected chi connectivity index (χ0v) is 6.40. The van der Waals surface area contributed by atoms with E-state index in [9.17, 15) is 4.39 Å². The van der Waals surface area contributed by atoms with Gasteiger partial charge in [-0.3, -0.25) is 5.01 Å². The molecule has 0 radical (unpaired) electrons. The Balaban J connectivity index is 2.88. The molecular weight excluding hydrogens is 131 g/mol. The summed E-state index contributed by atoms with van der Waals surface area (Å²) < 4.78 is 12.7. The van der Waals surface area contributed by atoms with Crippen LogP contribution in [0.3, 0.4) is 0 Å². The van der Waals surface area contributed by atoms with E-state index in [1.807, 2.05) is 14.0 Å². The first kappa shape index (κ1) is 7.12. The Morgan fingerprint density at radius 2 is 2.10 bits per heavy atom. The Kier molecular flexibility index (Phi) is 1.66. The zero-order chi connectivity index (χ0) is 7.72. The van der Waals surface area contributed by atoms with Crippen molar-refractivity contribution in [2.45, 2.75) is 13.8 Å². The van der Waals surface area contributed by atoms with Crippen molar-refractivity contribution in [3.05, 3.63) is 23.3 Å². The first-order valence-electron chi connectivity index (χ1n) is 3.16. The molecule has 1 aliphatic rings. The maximum atomic E-state index is 12.7. The van der Waals surface area contributed by atoms with Gasteiger partial charge in [-0.15, -0.1) is 0 Å². The van der Waals surface area contributed by atoms with Crippen molar-refractivity contribution in [2.24, 2.45) is 0 Å². The van der Waals surface area contributed by atoms with Crippen LogP contribution in [0.1, 0.15) is 13.8 Å². The van der Waals surface area contributed by atoms with Gasteiger partial charge in [-0.1, -0.05) is 0 Å². The molecule has 1 heterocycles. The lowest BCUT2D eigenvalue weighted by Crippen LogP contribution is -2.34. The van der Waals surface area contributed by atoms with Gasteiger partial charge in [0.2, 0.25) is 0 Å². The predicted molar refractivity (Wildman–Crippen MR) is 38.5 cm³/mol. The lowest BCUT2D eigenvalue weighted by atomic mass is 10.3. The molecule has 0 aromatic heterocycles. The van der Waals surface area contributed by atoms with Gasteiger partial charge in [0.05, 0.1) is 5.70 Å². The maximum absolute atomic E-state index is 12.7. The summed E-state index contributed by atoms with van der Waals surface area (Å²) in [5, 5.41) is 1.78. The third-order valence-corrected chi connectivity index (χ3v) is 1.56.